The van der Waals surface area contributed by atoms with Crippen LogP contribution < -0.4 is 15.8 Å². The van der Waals surface area contributed by atoms with Gasteiger partial charge in [-0.05, 0) is 31.7 Å². The number of carbonyl (C=O) groups is 1. The summed E-state index contributed by atoms with van der Waals surface area (Å²) in [5, 5.41) is 2.75. The van der Waals surface area contributed by atoms with Crippen LogP contribution in [0, 0.1) is 0 Å². The predicted octanol–water partition coefficient (Wildman–Crippen LogP) is 1.57. The molecule has 0 fully saturated rings. The average molecular weight is 390 g/mol. The summed E-state index contributed by atoms with van der Waals surface area (Å²) in [6.07, 6.45) is 0. The van der Waals surface area contributed by atoms with Gasteiger partial charge in [0.2, 0.25) is 15.9 Å². The first-order chi connectivity index (χ1) is 10.8. The molecule has 0 saturated heterocycles. The predicted molar refractivity (Wildman–Crippen MR) is 97.6 cm³/mol. The summed E-state index contributed by atoms with van der Waals surface area (Å²) in [6.45, 7) is 1.87. The van der Waals surface area contributed by atoms with E-state index in [0.29, 0.717) is 5.56 Å². The zero-order valence-corrected chi connectivity index (χ0v) is 15.7. The lowest BCUT2D eigenvalue weighted by atomic mass is 9.92. The van der Waals surface area contributed by atoms with E-state index in [1.807, 2.05) is 18.2 Å². The molecule has 132 valence electrons. The number of thiophene rings is 1. The Labute approximate surface area is 151 Å². The second-order valence-corrected chi connectivity index (χ2v) is 8.46. The summed E-state index contributed by atoms with van der Waals surface area (Å²) in [4.78, 5) is 13.1. The van der Waals surface area contributed by atoms with E-state index >= 15 is 0 Å². The lowest BCUT2D eigenvalue weighted by Crippen LogP contribution is -2.48. The number of nitrogens with two attached hydrogens (primary N) is 1. The van der Waals surface area contributed by atoms with Crippen molar-refractivity contribution in [2.75, 3.05) is 7.05 Å². The third-order valence-electron chi connectivity index (χ3n) is 3.44. The highest BCUT2D eigenvalue weighted by atomic mass is 35.5. The van der Waals surface area contributed by atoms with Crippen molar-refractivity contribution in [1.82, 2.24) is 10.0 Å². The lowest BCUT2D eigenvalue weighted by molar-refractivity contribution is -0.126. The minimum atomic E-state index is -3.46. The molecule has 2 rings (SSSR count). The number of benzene rings is 1. The van der Waals surface area contributed by atoms with E-state index in [-0.39, 0.29) is 29.1 Å². The largest absolute Gasteiger partial charge is 0.349 e. The fraction of sp³-hybridized carbons (Fsp3) is 0.267. The molecule has 24 heavy (non-hydrogen) atoms. The zero-order valence-electron chi connectivity index (χ0n) is 13.3. The van der Waals surface area contributed by atoms with Gasteiger partial charge in [-0.15, -0.1) is 23.7 Å². The van der Waals surface area contributed by atoms with Crippen molar-refractivity contribution in [3.05, 3.63) is 52.9 Å². The van der Waals surface area contributed by atoms with Crippen LogP contribution >= 0.6 is 23.7 Å². The van der Waals surface area contributed by atoms with Crippen molar-refractivity contribution in [3.8, 4) is 0 Å². The summed E-state index contributed by atoms with van der Waals surface area (Å²) < 4.78 is 25.8. The van der Waals surface area contributed by atoms with Crippen molar-refractivity contribution in [2.24, 2.45) is 5.73 Å². The molecule has 0 aliphatic rings. The summed E-state index contributed by atoms with van der Waals surface area (Å²) in [7, 11) is -2.10. The number of rotatable bonds is 6. The molecule has 1 heterocycles. The Hall–Kier alpha value is -1.45. The maximum atomic E-state index is 12.3. The fourth-order valence-corrected chi connectivity index (χ4v) is 4.10. The topological polar surface area (TPSA) is 101 Å². The Morgan fingerprint density at radius 3 is 2.42 bits per heavy atom. The highest BCUT2D eigenvalue weighted by molar-refractivity contribution is 7.91. The summed E-state index contributed by atoms with van der Waals surface area (Å²) in [5.41, 5.74) is 5.68. The first-order valence-corrected chi connectivity index (χ1v) is 9.22. The van der Waals surface area contributed by atoms with Crippen molar-refractivity contribution < 1.29 is 13.2 Å². The number of amides is 1. The molecule has 0 radical (unpaired) electrons. The van der Waals surface area contributed by atoms with E-state index in [0.717, 1.165) is 16.2 Å². The van der Waals surface area contributed by atoms with Crippen molar-refractivity contribution in [3.63, 3.8) is 0 Å². The standard InChI is InChI=1S/C15H19N3O3S2.ClH/c1-15(16,11-6-4-3-5-7-11)14(19)18-10-12-8-9-13(22-12)23(20,21)17-2;/h3-9,17H,10,16H2,1-2H3,(H,18,19);1H. The van der Waals surface area contributed by atoms with Crippen LogP contribution in [-0.4, -0.2) is 21.4 Å². The smallest absolute Gasteiger partial charge is 0.249 e. The van der Waals surface area contributed by atoms with E-state index in [1.54, 1.807) is 25.1 Å². The van der Waals surface area contributed by atoms with E-state index < -0.39 is 15.6 Å². The molecule has 0 saturated carbocycles. The number of nitrogens with one attached hydrogen (secondary N) is 2. The van der Waals surface area contributed by atoms with Crippen LogP contribution in [0.2, 0.25) is 0 Å². The zero-order chi connectivity index (χ0) is 17.1. The third kappa shape index (κ3) is 4.55. The Bertz CT molecular complexity index is 789. The molecule has 1 unspecified atom stereocenters. The molecule has 6 nitrogen and oxygen atoms in total. The van der Waals surface area contributed by atoms with Gasteiger partial charge in [-0.1, -0.05) is 30.3 Å². The molecule has 1 atom stereocenters. The van der Waals surface area contributed by atoms with E-state index in [1.165, 1.54) is 13.1 Å². The molecule has 0 spiro atoms. The molecule has 9 heteroatoms. The van der Waals surface area contributed by atoms with Gasteiger partial charge < -0.3 is 11.1 Å². The quantitative estimate of drug-likeness (QED) is 0.697. The van der Waals surface area contributed by atoms with Crippen LogP contribution in [0.4, 0.5) is 0 Å². The van der Waals surface area contributed by atoms with Gasteiger partial charge >= 0.3 is 0 Å². The van der Waals surface area contributed by atoms with Crippen LogP contribution in [0.3, 0.4) is 0 Å². The highest BCUT2D eigenvalue weighted by Gasteiger charge is 2.30. The third-order valence-corrected chi connectivity index (χ3v) is 6.43. The summed E-state index contributed by atoms with van der Waals surface area (Å²) in [5.74, 6) is -0.324. The molecular weight excluding hydrogens is 370 g/mol. The van der Waals surface area contributed by atoms with Crippen LogP contribution in [-0.2, 0) is 26.9 Å². The maximum absolute atomic E-state index is 12.3. The Morgan fingerprint density at radius 1 is 1.21 bits per heavy atom. The maximum Gasteiger partial charge on any atom is 0.249 e. The van der Waals surface area contributed by atoms with Gasteiger partial charge in [0, 0.05) is 4.88 Å². The van der Waals surface area contributed by atoms with Crippen molar-refractivity contribution >= 4 is 39.7 Å². The van der Waals surface area contributed by atoms with Gasteiger partial charge in [0.05, 0.1) is 6.54 Å². The van der Waals surface area contributed by atoms with Crippen LogP contribution in [0.25, 0.3) is 0 Å². The second-order valence-electron chi connectivity index (χ2n) is 5.18. The minimum absolute atomic E-state index is 0. The number of carbonyl (C=O) groups excluding carboxylic acids is 1. The molecule has 1 aromatic carbocycles. The SMILES string of the molecule is CNS(=O)(=O)c1ccc(CNC(=O)C(C)(N)c2ccccc2)s1.Cl. The summed E-state index contributed by atoms with van der Waals surface area (Å²) in [6, 6.07) is 12.3. The number of halogens is 1. The Morgan fingerprint density at radius 2 is 1.83 bits per heavy atom. The van der Waals surface area contributed by atoms with Gasteiger partial charge in [0.1, 0.15) is 9.75 Å². The molecule has 1 amide bonds. The Balaban J connectivity index is 0.00000288. The van der Waals surface area contributed by atoms with Gasteiger partial charge in [-0.3, -0.25) is 4.79 Å². The first-order valence-electron chi connectivity index (χ1n) is 6.92. The second kappa shape index (κ2) is 8.09. The average Bonchev–Trinajstić information content (AvgIpc) is 3.03. The van der Waals surface area contributed by atoms with Crippen LogP contribution in [0.5, 0.6) is 0 Å². The molecule has 0 aliphatic carbocycles. The van der Waals surface area contributed by atoms with E-state index in [9.17, 15) is 13.2 Å². The van der Waals surface area contributed by atoms with Crippen LogP contribution in [0.1, 0.15) is 17.4 Å². The minimum Gasteiger partial charge on any atom is -0.349 e. The van der Waals surface area contributed by atoms with Gasteiger partial charge in [-0.2, -0.15) is 0 Å². The molecule has 2 aromatic rings. The fourth-order valence-electron chi connectivity index (χ4n) is 1.96. The number of hydrogen-bond donors (Lipinski definition) is 3. The van der Waals surface area contributed by atoms with E-state index in [2.05, 4.69) is 10.0 Å². The van der Waals surface area contributed by atoms with E-state index in [4.69, 9.17) is 5.73 Å². The van der Waals surface area contributed by atoms with Gasteiger partial charge in [0.15, 0.2) is 0 Å². The lowest BCUT2D eigenvalue weighted by Gasteiger charge is -2.23. The number of sulfonamides is 1. The normalized spacial score (nSPS) is 13.6. The first kappa shape index (κ1) is 20.6. The van der Waals surface area contributed by atoms with Crippen molar-refractivity contribution in [1.29, 1.82) is 0 Å². The highest BCUT2D eigenvalue weighted by Crippen LogP contribution is 2.22. The van der Waals surface area contributed by atoms with Gasteiger partial charge in [-0.25, -0.2) is 13.1 Å². The van der Waals surface area contributed by atoms with Crippen LogP contribution in [0.15, 0.2) is 46.7 Å². The molecule has 1 aromatic heterocycles. The Kier molecular flexibility index (Phi) is 6.94. The molecule has 0 bridgehead atoms. The molecule has 0 aliphatic heterocycles. The monoisotopic (exact) mass is 389 g/mol. The molecular formula is C15H20ClN3O3S2. The summed E-state index contributed by atoms with van der Waals surface area (Å²) >= 11 is 1.11. The van der Waals surface area contributed by atoms with Gasteiger partial charge in [0.25, 0.3) is 0 Å². The number of hydrogen-bond acceptors (Lipinski definition) is 5. The van der Waals surface area contributed by atoms with Crippen molar-refractivity contribution in [2.45, 2.75) is 23.2 Å². The molecule has 4 N–H and O–H groups in total.